The van der Waals surface area contributed by atoms with Crippen LogP contribution in [0.4, 0.5) is 0 Å². The zero-order valence-electron chi connectivity index (χ0n) is 13.2. The fourth-order valence-corrected chi connectivity index (χ4v) is 2.66. The number of amides is 2. The molecule has 0 radical (unpaired) electrons. The summed E-state index contributed by atoms with van der Waals surface area (Å²) in [5.41, 5.74) is 0. The lowest BCUT2D eigenvalue weighted by Crippen LogP contribution is -2.52. The summed E-state index contributed by atoms with van der Waals surface area (Å²) >= 11 is 0. The van der Waals surface area contributed by atoms with Crippen molar-refractivity contribution in [1.29, 1.82) is 0 Å². The number of nitrogens with zero attached hydrogens (tertiary/aromatic N) is 1. The molecular formula is C15H29N3O2. The second-order valence-corrected chi connectivity index (χ2v) is 5.88. The molecule has 2 N–H and O–H groups in total. The van der Waals surface area contributed by atoms with Crippen molar-refractivity contribution in [3.63, 3.8) is 0 Å². The molecule has 0 aliphatic carbocycles. The highest BCUT2D eigenvalue weighted by molar-refractivity contribution is 5.87. The molecule has 5 heteroatoms. The third-order valence-electron chi connectivity index (χ3n) is 3.87. The summed E-state index contributed by atoms with van der Waals surface area (Å²) in [6.45, 7) is 9.55. The Bertz CT molecular complexity index is 331. The van der Waals surface area contributed by atoms with Gasteiger partial charge in [0.05, 0.1) is 12.6 Å². The van der Waals surface area contributed by atoms with Crippen LogP contribution in [0.15, 0.2) is 0 Å². The highest BCUT2D eigenvalue weighted by Crippen LogP contribution is 2.20. The van der Waals surface area contributed by atoms with Gasteiger partial charge in [-0.05, 0) is 46.1 Å². The van der Waals surface area contributed by atoms with Gasteiger partial charge < -0.3 is 15.5 Å². The van der Waals surface area contributed by atoms with Gasteiger partial charge in [0.15, 0.2) is 0 Å². The summed E-state index contributed by atoms with van der Waals surface area (Å²) in [5.74, 6) is 0.594. The first-order chi connectivity index (χ1) is 9.47. The summed E-state index contributed by atoms with van der Waals surface area (Å²) in [4.78, 5) is 25.9. The van der Waals surface area contributed by atoms with Gasteiger partial charge in [-0.25, -0.2) is 0 Å². The lowest BCUT2D eigenvalue weighted by atomic mass is 9.90. The number of nitrogens with one attached hydrogen (secondary N) is 2. The Hall–Kier alpha value is -1.10. The van der Waals surface area contributed by atoms with Crippen molar-refractivity contribution in [2.24, 2.45) is 5.92 Å². The van der Waals surface area contributed by atoms with E-state index in [0.717, 1.165) is 25.8 Å². The first-order valence-corrected chi connectivity index (χ1v) is 7.79. The number of carbonyl (C=O) groups is 2. The van der Waals surface area contributed by atoms with Crippen LogP contribution in [0.5, 0.6) is 0 Å². The topological polar surface area (TPSA) is 61.4 Å². The molecule has 0 aromatic carbocycles. The van der Waals surface area contributed by atoms with Gasteiger partial charge in [-0.3, -0.25) is 9.59 Å². The molecular weight excluding hydrogens is 254 g/mol. The molecule has 1 heterocycles. The minimum absolute atomic E-state index is 0.0598. The van der Waals surface area contributed by atoms with Gasteiger partial charge in [0, 0.05) is 12.6 Å². The van der Waals surface area contributed by atoms with Crippen LogP contribution in [0.25, 0.3) is 0 Å². The Labute approximate surface area is 122 Å². The van der Waals surface area contributed by atoms with E-state index < -0.39 is 0 Å². The molecule has 0 aromatic heterocycles. The van der Waals surface area contributed by atoms with E-state index in [2.05, 4.69) is 17.6 Å². The van der Waals surface area contributed by atoms with E-state index in [9.17, 15) is 9.59 Å². The smallest absolute Gasteiger partial charge is 0.240 e. The van der Waals surface area contributed by atoms with E-state index in [1.807, 2.05) is 20.8 Å². The summed E-state index contributed by atoms with van der Waals surface area (Å²) < 4.78 is 0. The predicted molar refractivity (Wildman–Crippen MR) is 80.3 cm³/mol. The van der Waals surface area contributed by atoms with Crippen molar-refractivity contribution in [3.05, 3.63) is 0 Å². The standard InChI is InChI=1S/C15H29N3O2/c1-5-12-7-8-16-13(9-12)15(20)18(6-2)10-14(19)17-11(3)4/h11-13,16H,5-10H2,1-4H3,(H,17,19). The molecule has 0 spiro atoms. The maximum Gasteiger partial charge on any atom is 0.240 e. The molecule has 116 valence electrons. The maximum atomic E-state index is 12.5. The number of carbonyl (C=O) groups excluding carboxylic acids is 2. The van der Waals surface area contributed by atoms with Crippen molar-refractivity contribution in [2.45, 2.75) is 59.0 Å². The largest absolute Gasteiger partial charge is 0.352 e. The second-order valence-electron chi connectivity index (χ2n) is 5.88. The molecule has 1 rings (SSSR count). The number of rotatable bonds is 6. The van der Waals surface area contributed by atoms with Crippen LogP contribution in [0.2, 0.25) is 0 Å². The summed E-state index contributed by atoms with van der Waals surface area (Å²) in [7, 11) is 0. The molecule has 20 heavy (non-hydrogen) atoms. The van der Waals surface area contributed by atoms with Crippen LogP contribution >= 0.6 is 0 Å². The fraction of sp³-hybridized carbons (Fsp3) is 0.867. The molecule has 1 fully saturated rings. The van der Waals surface area contributed by atoms with Crippen molar-refractivity contribution >= 4 is 11.8 Å². The van der Waals surface area contributed by atoms with Gasteiger partial charge in [0.25, 0.3) is 0 Å². The lowest BCUT2D eigenvalue weighted by molar-refractivity contribution is -0.138. The molecule has 1 aliphatic rings. The van der Waals surface area contributed by atoms with E-state index >= 15 is 0 Å². The number of hydrogen-bond donors (Lipinski definition) is 2. The molecule has 2 unspecified atom stereocenters. The highest BCUT2D eigenvalue weighted by atomic mass is 16.2. The van der Waals surface area contributed by atoms with E-state index in [1.165, 1.54) is 0 Å². The summed E-state index contributed by atoms with van der Waals surface area (Å²) in [6, 6.07) is -0.0194. The minimum atomic E-state index is -0.125. The van der Waals surface area contributed by atoms with Crippen molar-refractivity contribution < 1.29 is 9.59 Å². The average Bonchev–Trinajstić information content (AvgIpc) is 2.43. The van der Waals surface area contributed by atoms with Crippen molar-refractivity contribution in [1.82, 2.24) is 15.5 Å². The number of likely N-dealkylation sites (N-methyl/N-ethyl adjacent to an activating group) is 1. The highest BCUT2D eigenvalue weighted by Gasteiger charge is 2.29. The molecule has 5 nitrogen and oxygen atoms in total. The molecule has 1 aliphatic heterocycles. The Morgan fingerprint density at radius 1 is 1.35 bits per heavy atom. The number of hydrogen-bond acceptors (Lipinski definition) is 3. The van der Waals surface area contributed by atoms with Crippen LogP contribution < -0.4 is 10.6 Å². The SMILES string of the molecule is CCC1CCNC(C(=O)N(CC)CC(=O)NC(C)C)C1. The van der Waals surface area contributed by atoms with Gasteiger partial charge in [-0.1, -0.05) is 13.3 Å². The van der Waals surface area contributed by atoms with E-state index in [4.69, 9.17) is 0 Å². The Morgan fingerprint density at radius 2 is 2.05 bits per heavy atom. The first-order valence-electron chi connectivity index (χ1n) is 7.79. The van der Waals surface area contributed by atoms with Crippen molar-refractivity contribution in [2.75, 3.05) is 19.6 Å². The summed E-state index contributed by atoms with van der Waals surface area (Å²) in [6.07, 6.45) is 3.14. The molecule has 1 saturated heterocycles. The average molecular weight is 283 g/mol. The lowest BCUT2D eigenvalue weighted by Gasteiger charge is -2.32. The third kappa shape index (κ3) is 5.12. The molecule has 0 saturated carbocycles. The Balaban J connectivity index is 2.55. The van der Waals surface area contributed by atoms with Crippen LogP contribution in [0.3, 0.4) is 0 Å². The van der Waals surface area contributed by atoms with E-state index in [0.29, 0.717) is 12.5 Å². The molecule has 2 atom stereocenters. The molecule has 2 amide bonds. The van der Waals surface area contributed by atoms with Gasteiger partial charge >= 0.3 is 0 Å². The second kappa shape index (κ2) is 8.25. The zero-order chi connectivity index (χ0) is 15.1. The third-order valence-corrected chi connectivity index (χ3v) is 3.87. The first kappa shape index (κ1) is 17.0. The Kier molecular flexibility index (Phi) is 6.99. The normalized spacial score (nSPS) is 22.6. The van der Waals surface area contributed by atoms with Crippen LogP contribution in [0.1, 0.15) is 47.0 Å². The Morgan fingerprint density at radius 3 is 2.60 bits per heavy atom. The van der Waals surface area contributed by atoms with Crippen LogP contribution in [-0.2, 0) is 9.59 Å². The molecule has 0 bridgehead atoms. The zero-order valence-corrected chi connectivity index (χ0v) is 13.2. The monoisotopic (exact) mass is 283 g/mol. The van der Waals surface area contributed by atoms with Crippen LogP contribution in [-0.4, -0.2) is 48.4 Å². The molecule has 0 aromatic rings. The van der Waals surface area contributed by atoms with Gasteiger partial charge in [0.1, 0.15) is 0 Å². The van der Waals surface area contributed by atoms with Crippen LogP contribution in [0, 0.1) is 5.92 Å². The quantitative estimate of drug-likeness (QED) is 0.768. The maximum absolute atomic E-state index is 12.5. The predicted octanol–water partition coefficient (Wildman–Crippen LogP) is 1.14. The van der Waals surface area contributed by atoms with E-state index in [1.54, 1.807) is 4.90 Å². The van der Waals surface area contributed by atoms with Gasteiger partial charge in [0.2, 0.25) is 11.8 Å². The van der Waals surface area contributed by atoms with Gasteiger partial charge in [-0.15, -0.1) is 0 Å². The van der Waals surface area contributed by atoms with E-state index in [-0.39, 0.29) is 30.4 Å². The number of piperidine rings is 1. The fourth-order valence-electron chi connectivity index (χ4n) is 2.66. The van der Waals surface area contributed by atoms with Gasteiger partial charge in [-0.2, -0.15) is 0 Å². The summed E-state index contributed by atoms with van der Waals surface area (Å²) in [5, 5.41) is 6.12. The van der Waals surface area contributed by atoms with Crippen molar-refractivity contribution in [3.8, 4) is 0 Å². The minimum Gasteiger partial charge on any atom is -0.352 e.